The van der Waals surface area contributed by atoms with E-state index in [1.165, 1.54) is 0 Å². The van der Waals surface area contributed by atoms with E-state index in [0.717, 1.165) is 11.4 Å². The zero-order valence-corrected chi connectivity index (χ0v) is 9.35. The van der Waals surface area contributed by atoms with Crippen molar-refractivity contribution in [1.29, 1.82) is 0 Å². The lowest BCUT2D eigenvalue weighted by Crippen LogP contribution is -2.13. The highest BCUT2D eigenvalue weighted by Gasteiger charge is 1.89. The van der Waals surface area contributed by atoms with Gasteiger partial charge in [-0.3, -0.25) is 11.3 Å². The molecule has 0 bridgehead atoms. The molecular formula is C13H17N3. The lowest BCUT2D eigenvalue weighted by molar-refractivity contribution is 0.900. The van der Waals surface area contributed by atoms with E-state index in [-0.39, 0.29) is 0 Å². The number of hydrazine groups is 1. The minimum atomic E-state index is 1.12. The number of nitrogens with two attached hydrogens (primary N) is 1. The quantitative estimate of drug-likeness (QED) is 0.533. The number of benzene rings is 2. The molecular weight excluding hydrogens is 198 g/mol. The van der Waals surface area contributed by atoms with Gasteiger partial charge < -0.3 is 5.32 Å². The van der Waals surface area contributed by atoms with Crippen molar-refractivity contribution in [3.8, 4) is 0 Å². The largest absolute Gasteiger partial charge is 0.356 e. The maximum Gasteiger partial charge on any atom is 0.0384 e. The molecule has 0 heterocycles. The Hall–Kier alpha value is -1.84. The van der Waals surface area contributed by atoms with E-state index >= 15 is 0 Å². The average molecular weight is 215 g/mol. The zero-order valence-electron chi connectivity index (χ0n) is 9.35. The van der Waals surface area contributed by atoms with Crippen molar-refractivity contribution in [1.82, 2.24) is 5.43 Å². The molecule has 0 unspecified atom stereocenters. The van der Waals surface area contributed by atoms with Gasteiger partial charge in [-0.25, -0.2) is 0 Å². The molecule has 0 saturated carbocycles. The topological polar surface area (TPSA) is 50.1 Å². The van der Waals surface area contributed by atoms with Crippen molar-refractivity contribution in [2.75, 3.05) is 12.4 Å². The molecule has 0 radical (unpaired) electrons. The van der Waals surface area contributed by atoms with Gasteiger partial charge in [-0.15, -0.1) is 0 Å². The van der Waals surface area contributed by atoms with Crippen LogP contribution in [-0.4, -0.2) is 7.05 Å². The minimum absolute atomic E-state index is 1.12. The van der Waals surface area contributed by atoms with Crippen molar-refractivity contribution in [3.63, 3.8) is 0 Å². The number of anilines is 2. The van der Waals surface area contributed by atoms with E-state index in [1.807, 2.05) is 60.7 Å². The molecule has 0 aliphatic heterocycles. The van der Waals surface area contributed by atoms with Gasteiger partial charge >= 0.3 is 0 Å². The summed E-state index contributed by atoms with van der Waals surface area (Å²) < 4.78 is 0. The Morgan fingerprint density at radius 3 is 1.38 bits per heavy atom. The summed E-state index contributed by atoms with van der Waals surface area (Å²) in [4.78, 5) is 0. The Balaban J connectivity index is 0.000000386. The molecule has 3 heteroatoms. The van der Waals surface area contributed by atoms with Gasteiger partial charge in [-0.2, -0.15) is 0 Å². The van der Waals surface area contributed by atoms with Gasteiger partial charge in [0.2, 0.25) is 0 Å². The van der Waals surface area contributed by atoms with Gasteiger partial charge in [-0.1, -0.05) is 36.4 Å². The van der Waals surface area contributed by atoms with E-state index in [4.69, 9.17) is 0 Å². The molecule has 0 atom stereocenters. The van der Waals surface area contributed by atoms with Crippen molar-refractivity contribution in [3.05, 3.63) is 60.7 Å². The van der Waals surface area contributed by atoms with Crippen molar-refractivity contribution < 1.29 is 0 Å². The predicted octanol–water partition coefficient (Wildman–Crippen LogP) is 2.51. The molecule has 0 aliphatic rings. The van der Waals surface area contributed by atoms with Crippen LogP contribution in [0.25, 0.3) is 0 Å². The highest BCUT2D eigenvalue weighted by molar-refractivity contribution is 5.58. The van der Waals surface area contributed by atoms with Crippen molar-refractivity contribution in [2.24, 2.45) is 5.84 Å². The fourth-order valence-electron chi connectivity index (χ4n) is 1.21. The fourth-order valence-corrected chi connectivity index (χ4v) is 1.21. The van der Waals surface area contributed by atoms with E-state index in [0.29, 0.717) is 0 Å². The lowest BCUT2D eigenvalue weighted by atomic mass is 10.3. The van der Waals surface area contributed by atoms with Crippen molar-refractivity contribution >= 4 is 11.4 Å². The average Bonchev–Trinajstić information content (AvgIpc) is 2.33. The molecule has 0 saturated heterocycles. The number of nitrogens with one attached hydrogen (secondary N) is 2. The second-order valence-electron chi connectivity index (χ2n) is 3.15. The molecule has 0 aromatic heterocycles. The van der Waals surface area contributed by atoms with E-state index < -0.39 is 0 Å². The smallest absolute Gasteiger partial charge is 0.0384 e. The van der Waals surface area contributed by atoms with Gasteiger partial charge in [0.1, 0.15) is 0 Å². The Morgan fingerprint density at radius 2 is 1.06 bits per heavy atom. The molecule has 3 nitrogen and oxygen atoms in total. The number of hydrogen-bond donors (Lipinski definition) is 3. The summed E-state index contributed by atoms with van der Waals surface area (Å²) >= 11 is 0. The lowest BCUT2D eigenvalue weighted by Gasteiger charge is -2.04. The van der Waals surface area contributed by atoms with E-state index in [9.17, 15) is 0 Å². The SMILES string of the molecule is CNN.c1ccc(Nc2ccccc2)cc1. The summed E-state index contributed by atoms with van der Waals surface area (Å²) in [5.41, 5.74) is 4.49. The monoisotopic (exact) mass is 215 g/mol. The first kappa shape index (κ1) is 12.2. The minimum Gasteiger partial charge on any atom is -0.356 e. The van der Waals surface area contributed by atoms with Gasteiger partial charge in [-0.05, 0) is 31.3 Å². The Labute approximate surface area is 96.3 Å². The first-order valence-electron chi connectivity index (χ1n) is 5.11. The van der Waals surface area contributed by atoms with Crippen molar-refractivity contribution in [2.45, 2.75) is 0 Å². The molecule has 0 spiro atoms. The highest BCUT2D eigenvalue weighted by atomic mass is 15.2. The number of para-hydroxylation sites is 2. The van der Waals surface area contributed by atoms with Crippen LogP contribution in [0.4, 0.5) is 11.4 Å². The molecule has 2 aromatic carbocycles. The van der Waals surface area contributed by atoms with Crippen LogP contribution in [0.15, 0.2) is 60.7 Å². The highest BCUT2D eigenvalue weighted by Crippen LogP contribution is 2.14. The third-order valence-corrected chi connectivity index (χ3v) is 1.84. The predicted molar refractivity (Wildman–Crippen MR) is 69.4 cm³/mol. The third kappa shape index (κ3) is 4.59. The summed E-state index contributed by atoms with van der Waals surface area (Å²) in [7, 11) is 1.65. The molecule has 2 rings (SSSR count). The van der Waals surface area contributed by atoms with Crippen LogP contribution < -0.4 is 16.6 Å². The molecule has 2 aromatic rings. The van der Waals surface area contributed by atoms with Crippen LogP contribution in [0, 0.1) is 0 Å². The first-order valence-corrected chi connectivity index (χ1v) is 5.11. The molecule has 0 fully saturated rings. The molecule has 16 heavy (non-hydrogen) atoms. The zero-order chi connectivity index (χ0) is 11.6. The third-order valence-electron chi connectivity index (χ3n) is 1.84. The normalized spacial score (nSPS) is 8.88. The van der Waals surface area contributed by atoms with Crippen LogP contribution in [0.2, 0.25) is 0 Å². The second kappa shape index (κ2) is 7.45. The maximum absolute atomic E-state index is 4.60. The Kier molecular flexibility index (Phi) is 5.70. The van der Waals surface area contributed by atoms with Gasteiger partial charge in [0.25, 0.3) is 0 Å². The van der Waals surface area contributed by atoms with E-state index in [1.54, 1.807) is 7.05 Å². The second-order valence-corrected chi connectivity index (χ2v) is 3.15. The summed E-state index contributed by atoms with van der Waals surface area (Å²) in [5, 5.41) is 3.30. The van der Waals surface area contributed by atoms with Gasteiger partial charge in [0, 0.05) is 11.4 Å². The standard InChI is InChI=1S/C12H11N.CH6N2/c1-3-7-11(8-4-1)13-12-9-5-2-6-10-12;1-3-2/h1-10,13H;3H,2H2,1H3. The van der Waals surface area contributed by atoms with Gasteiger partial charge in [0.05, 0.1) is 0 Å². The molecule has 84 valence electrons. The molecule has 0 aliphatic carbocycles. The van der Waals surface area contributed by atoms with Gasteiger partial charge in [0.15, 0.2) is 0 Å². The fraction of sp³-hybridized carbons (Fsp3) is 0.0769. The van der Waals surface area contributed by atoms with Crippen LogP contribution in [0.3, 0.4) is 0 Å². The van der Waals surface area contributed by atoms with E-state index in [2.05, 4.69) is 16.6 Å². The Bertz CT molecular complexity index is 335. The van der Waals surface area contributed by atoms with Crippen LogP contribution in [0.5, 0.6) is 0 Å². The summed E-state index contributed by atoms with van der Waals surface area (Å²) in [6.45, 7) is 0. The Morgan fingerprint density at radius 1 is 0.750 bits per heavy atom. The number of hydrogen-bond acceptors (Lipinski definition) is 3. The molecule has 0 amide bonds. The summed E-state index contributed by atoms with van der Waals surface area (Å²) in [5.74, 6) is 4.60. The van der Waals surface area contributed by atoms with Crippen LogP contribution in [0.1, 0.15) is 0 Å². The maximum atomic E-state index is 4.60. The molecule has 4 N–H and O–H groups in total. The van der Waals surface area contributed by atoms with Crippen LogP contribution >= 0.6 is 0 Å². The summed E-state index contributed by atoms with van der Waals surface area (Å²) in [6.07, 6.45) is 0. The summed E-state index contributed by atoms with van der Waals surface area (Å²) in [6, 6.07) is 20.3. The number of rotatable bonds is 2. The van der Waals surface area contributed by atoms with Crippen LogP contribution in [-0.2, 0) is 0 Å². The first-order chi connectivity index (χ1) is 7.86.